The number of nitrogens with one attached hydrogen (secondary N) is 2. The van der Waals surface area contributed by atoms with Crippen LogP contribution in [-0.4, -0.2) is 26.5 Å². The zero-order valence-corrected chi connectivity index (χ0v) is 12.2. The van der Waals surface area contributed by atoms with E-state index < -0.39 is 26.6 Å². The van der Waals surface area contributed by atoms with E-state index in [0.717, 1.165) is 18.6 Å². The van der Waals surface area contributed by atoms with Crippen LogP contribution < -0.4 is 10.0 Å². The molecule has 20 heavy (non-hydrogen) atoms. The maximum Gasteiger partial charge on any atom is 0.243 e. The minimum Gasteiger partial charge on any atom is -0.310 e. The standard InChI is InChI=1S/C13H18F2N2O2S/c1-8-3-6-12(9(2)16-8)17-20(18,19)13-7-10(14)4-5-11(13)15/h4-5,7-9,12,16-17H,3,6H2,1-2H3. The predicted molar refractivity (Wildman–Crippen MR) is 71.8 cm³/mol. The molecule has 2 N–H and O–H groups in total. The number of hydrogen-bond donors (Lipinski definition) is 2. The van der Waals surface area contributed by atoms with Crippen LogP contribution in [0.4, 0.5) is 8.78 Å². The quantitative estimate of drug-likeness (QED) is 0.895. The first kappa shape index (κ1) is 15.3. The van der Waals surface area contributed by atoms with E-state index in [4.69, 9.17) is 0 Å². The number of hydrogen-bond acceptors (Lipinski definition) is 3. The molecule has 1 aromatic rings. The van der Waals surface area contributed by atoms with E-state index in [9.17, 15) is 17.2 Å². The average molecular weight is 304 g/mol. The zero-order valence-electron chi connectivity index (χ0n) is 11.4. The third-order valence-electron chi connectivity index (χ3n) is 3.55. The molecule has 0 aliphatic carbocycles. The Morgan fingerprint density at radius 2 is 1.95 bits per heavy atom. The molecular weight excluding hydrogens is 286 g/mol. The summed E-state index contributed by atoms with van der Waals surface area (Å²) in [4.78, 5) is -0.650. The molecule has 7 heteroatoms. The lowest BCUT2D eigenvalue weighted by molar-refractivity contribution is 0.296. The van der Waals surface area contributed by atoms with Gasteiger partial charge in [-0.15, -0.1) is 0 Å². The molecule has 1 saturated heterocycles. The molecule has 1 aliphatic heterocycles. The Morgan fingerprint density at radius 1 is 1.25 bits per heavy atom. The normalized spacial score (nSPS) is 27.5. The molecule has 1 fully saturated rings. The van der Waals surface area contributed by atoms with Crippen molar-refractivity contribution in [1.29, 1.82) is 0 Å². The molecule has 0 spiro atoms. The van der Waals surface area contributed by atoms with Crippen LogP contribution in [0, 0.1) is 11.6 Å². The molecule has 0 radical (unpaired) electrons. The molecule has 2 rings (SSSR count). The number of sulfonamides is 1. The highest BCUT2D eigenvalue weighted by atomic mass is 32.2. The summed E-state index contributed by atoms with van der Waals surface area (Å²) in [5.74, 6) is -1.74. The van der Waals surface area contributed by atoms with E-state index in [1.807, 2.05) is 13.8 Å². The monoisotopic (exact) mass is 304 g/mol. The van der Waals surface area contributed by atoms with Crippen LogP contribution in [0.15, 0.2) is 23.1 Å². The largest absolute Gasteiger partial charge is 0.310 e. The van der Waals surface area contributed by atoms with Crippen molar-refractivity contribution in [2.75, 3.05) is 0 Å². The second kappa shape index (κ2) is 5.75. The minimum absolute atomic E-state index is 0.0647. The van der Waals surface area contributed by atoms with Gasteiger partial charge in [0.05, 0.1) is 0 Å². The van der Waals surface area contributed by atoms with Gasteiger partial charge in [0, 0.05) is 18.1 Å². The van der Waals surface area contributed by atoms with Crippen LogP contribution in [0.1, 0.15) is 26.7 Å². The molecule has 0 amide bonds. The van der Waals surface area contributed by atoms with Gasteiger partial charge in [0.2, 0.25) is 10.0 Å². The van der Waals surface area contributed by atoms with Gasteiger partial charge in [-0.05, 0) is 44.9 Å². The van der Waals surface area contributed by atoms with Gasteiger partial charge in [0.15, 0.2) is 0 Å². The molecule has 1 aromatic carbocycles. The first-order chi connectivity index (χ1) is 9.29. The Kier molecular flexibility index (Phi) is 4.41. The highest BCUT2D eigenvalue weighted by molar-refractivity contribution is 7.89. The lowest BCUT2D eigenvalue weighted by Gasteiger charge is -2.34. The first-order valence-corrected chi connectivity index (χ1v) is 8.01. The van der Waals surface area contributed by atoms with Crippen molar-refractivity contribution >= 4 is 10.0 Å². The van der Waals surface area contributed by atoms with E-state index in [0.29, 0.717) is 18.5 Å². The second-order valence-corrected chi connectivity index (χ2v) is 6.92. The number of benzene rings is 1. The van der Waals surface area contributed by atoms with Crippen molar-refractivity contribution < 1.29 is 17.2 Å². The van der Waals surface area contributed by atoms with Crippen molar-refractivity contribution in [3.05, 3.63) is 29.8 Å². The average Bonchev–Trinajstić information content (AvgIpc) is 2.35. The summed E-state index contributed by atoms with van der Waals surface area (Å²) in [6.07, 6.45) is 1.48. The molecule has 0 bridgehead atoms. The summed E-state index contributed by atoms with van der Waals surface area (Å²) < 4.78 is 53.5. The van der Waals surface area contributed by atoms with E-state index >= 15 is 0 Å². The van der Waals surface area contributed by atoms with Gasteiger partial charge in [-0.1, -0.05) is 0 Å². The molecule has 0 saturated carbocycles. The molecule has 112 valence electrons. The predicted octanol–water partition coefficient (Wildman–Crippen LogP) is 1.77. The van der Waals surface area contributed by atoms with Crippen molar-refractivity contribution in [2.24, 2.45) is 0 Å². The van der Waals surface area contributed by atoms with E-state index in [2.05, 4.69) is 10.0 Å². The van der Waals surface area contributed by atoms with Crippen LogP contribution in [-0.2, 0) is 10.0 Å². The van der Waals surface area contributed by atoms with Crippen LogP contribution >= 0.6 is 0 Å². The number of rotatable bonds is 3. The van der Waals surface area contributed by atoms with E-state index in [1.54, 1.807) is 0 Å². The lowest BCUT2D eigenvalue weighted by atomic mass is 9.96. The number of piperidine rings is 1. The molecule has 1 heterocycles. The van der Waals surface area contributed by atoms with Gasteiger partial charge in [0.25, 0.3) is 0 Å². The fraction of sp³-hybridized carbons (Fsp3) is 0.538. The SMILES string of the molecule is CC1CCC(NS(=O)(=O)c2cc(F)ccc2F)C(C)N1. The summed E-state index contributed by atoms with van der Waals surface area (Å²) >= 11 is 0. The molecule has 1 aliphatic rings. The van der Waals surface area contributed by atoms with Crippen LogP contribution in [0.25, 0.3) is 0 Å². The fourth-order valence-electron chi connectivity index (χ4n) is 2.43. The molecule has 3 unspecified atom stereocenters. The number of halogens is 2. The summed E-state index contributed by atoms with van der Waals surface area (Å²) in [5, 5.41) is 3.23. The van der Waals surface area contributed by atoms with Gasteiger partial charge in [-0.2, -0.15) is 0 Å². The van der Waals surface area contributed by atoms with Crippen molar-refractivity contribution in [3.63, 3.8) is 0 Å². The van der Waals surface area contributed by atoms with Crippen LogP contribution in [0.2, 0.25) is 0 Å². The topological polar surface area (TPSA) is 58.2 Å². The maximum atomic E-state index is 13.6. The summed E-state index contributed by atoms with van der Waals surface area (Å²) in [6.45, 7) is 3.89. The molecule has 3 atom stereocenters. The first-order valence-electron chi connectivity index (χ1n) is 6.53. The Morgan fingerprint density at radius 3 is 2.60 bits per heavy atom. The smallest absolute Gasteiger partial charge is 0.243 e. The van der Waals surface area contributed by atoms with E-state index in [1.165, 1.54) is 0 Å². The van der Waals surface area contributed by atoms with Gasteiger partial charge >= 0.3 is 0 Å². The maximum absolute atomic E-state index is 13.6. The molecule has 4 nitrogen and oxygen atoms in total. The lowest BCUT2D eigenvalue weighted by Crippen LogP contribution is -2.54. The Balaban J connectivity index is 2.21. The van der Waals surface area contributed by atoms with E-state index in [-0.39, 0.29) is 12.1 Å². The Hall–Kier alpha value is -1.05. The summed E-state index contributed by atoms with van der Waals surface area (Å²) in [7, 11) is -4.07. The van der Waals surface area contributed by atoms with Gasteiger partial charge in [-0.25, -0.2) is 21.9 Å². The summed E-state index contributed by atoms with van der Waals surface area (Å²) in [5.41, 5.74) is 0. The Bertz CT molecular complexity index is 592. The third-order valence-corrected chi connectivity index (χ3v) is 5.06. The fourth-order valence-corrected chi connectivity index (χ4v) is 3.87. The zero-order chi connectivity index (χ0) is 14.9. The van der Waals surface area contributed by atoms with Gasteiger partial charge < -0.3 is 5.32 Å². The molecular formula is C13H18F2N2O2S. The van der Waals surface area contributed by atoms with Gasteiger partial charge in [0.1, 0.15) is 16.5 Å². The van der Waals surface area contributed by atoms with Crippen molar-refractivity contribution in [1.82, 2.24) is 10.0 Å². The second-order valence-electron chi connectivity index (χ2n) is 5.24. The Labute approximate surface area is 117 Å². The van der Waals surface area contributed by atoms with Crippen LogP contribution in [0.5, 0.6) is 0 Å². The van der Waals surface area contributed by atoms with Crippen LogP contribution in [0.3, 0.4) is 0 Å². The van der Waals surface area contributed by atoms with Gasteiger partial charge in [-0.3, -0.25) is 0 Å². The highest BCUT2D eigenvalue weighted by Crippen LogP contribution is 2.19. The third kappa shape index (κ3) is 3.34. The molecule has 0 aromatic heterocycles. The van der Waals surface area contributed by atoms with Crippen molar-refractivity contribution in [3.8, 4) is 0 Å². The minimum atomic E-state index is -4.07. The summed E-state index contributed by atoms with van der Waals surface area (Å²) in [6, 6.07) is 2.32. The highest BCUT2D eigenvalue weighted by Gasteiger charge is 2.30. The van der Waals surface area contributed by atoms with Crippen molar-refractivity contribution in [2.45, 2.75) is 49.7 Å².